The summed E-state index contributed by atoms with van der Waals surface area (Å²) in [5.74, 6) is 0.723. The minimum Gasteiger partial charge on any atom is -0.365 e. The molecule has 0 aliphatic heterocycles. The van der Waals surface area contributed by atoms with Crippen LogP contribution in [0.4, 0.5) is 5.82 Å². The first-order chi connectivity index (χ1) is 14.6. The normalized spacial score (nSPS) is 11.0. The molecule has 0 aliphatic carbocycles. The Balaban J connectivity index is 1.54. The van der Waals surface area contributed by atoms with Crippen LogP contribution in [0.5, 0.6) is 0 Å². The number of H-pyrrole nitrogens is 1. The number of nitrogens with one attached hydrogen (secondary N) is 3. The lowest BCUT2D eigenvalue weighted by Gasteiger charge is -2.17. The van der Waals surface area contributed by atoms with Crippen LogP contribution in [0.1, 0.15) is 36.2 Å². The molecule has 0 unspecified atom stereocenters. The van der Waals surface area contributed by atoms with Gasteiger partial charge in [-0.2, -0.15) is 0 Å². The monoisotopic (exact) mass is 423 g/mol. The van der Waals surface area contributed by atoms with Gasteiger partial charge >= 0.3 is 0 Å². The van der Waals surface area contributed by atoms with E-state index in [9.17, 15) is 4.79 Å². The standard InChI is InChI=1S/C23H29N5OS/c1-3-28(4-2)15-7-14-24-22(29)18-12-10-17(11-13-18)16-25-21-19-8-5-6-9-20(19)26-23(30)27-21/h5-6,8-13H,3-4,7,14-16H2,1-2H3,(H,24,29)(H2,25,26,27,30). The lowest BCUT2D eigenvalue weighted by Crippen LogP contribution is -2.29. The average molecular weight is 424 g/mol. The van der Waals surface area contributed by atoms with Gasteiger partial charge in [-0.05, 0) is 68.1 Å². The highest BCUT2D eigenvalue weighted by Gasteiger charge is 2.07. The molecule has 1 amide bonds. The van der Waals surface area contributed by atoms with Crippen molar-refractivity contribution in [3.05, 3.63) is 64.4 Å². The van der Waals surface area contributed by atoms with E-state index < -0.39 is 0 Å². The number of benzene rings is 2. The van der Waals surface area contributed by atoms with Gasteiger partial charge in [0.25, 0.3) is 5.91 Å². The summed E-state index contributed by atoms with van der Waals surface area (Å²) in [6, 6.07) is 15.6. The maximum absolute atomic E-state index is 12.3. The van der Waals surface area contributed by atoms with Crippen LogP contribution in [0.15, 0.2) is 48.5 Å². The molecule has 3 rings (SSSR count). The minimum atomic E-state index is -0.0314. The van der Waals surface area contributed by atoms with Crippen LogP contribution in [-0.2, 0) is 6.54 Å². The van der Waals surface area contributed by atoms with E-state index in [4.69, 9.17) is 12.2 Å². The first-order valence-corrected chi connectivity index (χ1v) is 10.8. The largest absolute Gasteiger partial charge is 0.365 e. The maximum atomic E-state index is 12.3. The fraction of sp³-hybridized carbons (Fsp3) is 0.348. The number of hydrogen-bond donors (Lipinski definition) is 3. The second-order valence-corrected chi connectivity index (χ2v) is 7.51. The van der Waals surface area contributed by atoms with Gasteiger partial charge in [-0.25, -0.2) is 4.98 Å². The van der Waals surface area contributed by atoms with Crippen molar-refractivity contribution >= 4 is 34.8 Å². The lowest BCUT2D eigenvalue weighted by atomic mass is 10.1. The fourth-order valence-corrected chi connectivity index (χ4v) is 3.55. The van der Waals surface area contributed by atoms with E-state index in [1.54, 1.807) is 0 Å². The molecule has 2 aromatic carbocycles. The third-order valence-corrected chi connectivity index (χ3v) is 5.34. The number of carbonyl (C=O) groups excluding carboxylic acids is 1. The van der Waals surface area contributed by atoms with Crippen molar-refractivity contribution in [2.45, 2.75) is 26.8 Å². The van der Waals surface area contributed by atoms with Crippen molar-refractivity contribution in [2.75, 3.05) is 31.5 Å². The fourth-order valence-electron chi connectivity index (χ4n) is 3.34. The van der Waals surface area contributed by atoms with E-state index in [2.05, 4.69) is 39.3 Å². The van der Waals surface area contributed by atoms with Gasteiger partial charge in [-0.1, -0.05) is 38.1 Å². The summed E-state index contributed by atoms with van der Waals surface area (Å²) in [5, 5.41) is 7.35. The van der Waals surface area contributed by atoms with Crippen LogP contribution < -0.4 is 10.6 Å². The zero-order chi connectivity index (χ0) is 21.3. The molecule has 158 valence electrons. The second kappa shape index (κ2) is 10.8. The Kier molecular flexibility index (Phi) is 7.93. The Morgan fingerprint density at radius 2 is 1.83 bits per heavy atom. The molecule has 30 heavy (non-hydrogen) atoms. The summed E-state index contributed by atoms with van der Waals surface area (Å²) >= 11 is 5.22. The van der Waals surface area contributed by atoms with Crippen molar-refractivity contribution < 1.29 is 4.79 Å². The van der Waals surface area contributed by atoms with Crippen molar-refractivity contribution in [2.24, 2.45) is 0 Å². The van der Waals surface area contributed by atoms with Crippen LogP contribution in [0.3, 0.4) is 0 Å². The molecule has 0 fully saturated rings. The number of carbonyl (C=O) groups is 1. The van der Waals surface area contributed by atoms with Crippen LogP contribution in [0.25, 0.3) is 10.9 Å². The predicted molar refractivity (Wildman–Crippen MR) is 125 cm³/mol. The summed E-state index contributed by atoms with van der Waals surface area (Å²) in [7, 11) is 0. The van der Waals surface area contributed by atoms with Gasteiger partial charge in [0.05, 0.1) is 5.52 Å². The Bertz CT molecular complexity index is 1030. The molecular formula is C23H29N5OS. The van der Waals surface area contributed by atoms with Gasteiger partial charge < -0.3 is 20.5 Å². The van der Waals surface area contributed by atoms with E-state index in [1.165, 1.54) is 0 Å². The zero-order valence-corrected chi connectivity index (χ0v) is 18.4. The second-order valence-electron chi connectivity index (χ2n) is 7.12. The number of aromatic amines is 1. The number of nitrogens with zero attached hydrogens (tertiary/aromatic N) is 2. The highest BCUT2D eigenvalue weighted by Crippen LogP contribution is 2.19. The molecule has 1 heterocycles. The number of amides is 1. The van der Waals surface area contributed by atoms with Gasteiger partial charge in [-0.15, -0.1) is 0 Å². The first-order valence-electron chi connectivity index (χ1n) is 10.4. The summed E-state index contributed by atoms with van der Waals surface area (Å²) < 4.78 is 0.448. The van der Waals surface area contributed by atoms with E-state index in [1.807, 2.05) is 48.5 Å². The topological polar surface area (TPSA) is 73.1 Å². The van der Waals surface area contributed by atoms with E-state index in [0.717, 1.165) is 48.3 Å². The van der Waals surface area contributed by atoms with E-state index >= 15 is 0 Å². The summed E-state index contributed by atoms with van der Waals surface area (Å²) in [6.45, 7) is 8.68. The van der Waals surface area contributed by atoms with Crippen LogP contribution >= 0.6 is 12.2 Å². The molecule has 7 heteroatoms. The molecule has 0 aliphatic rings. The van der Waals surface area contributed by atoms with Crippen molar-refractivity contribution in [1.29, 1.82) is 0 Å². The van der Waals surface area contributed by atoms with Crippen LogP contribution in [-0.4, -0.2) is 47.0 Å². The Morgan fingerprint density at radius 3 is 2.57 bits per heavy atom. The van der Waals surface area contributed by atoms with Gasteiger partial charge in [-0.3, -0.25) is 4.79 Å². The zero-order valence-electron chi connectivity index (χ0n) is 17.6. The Labute approximate surface area is 182 Å². The molecule has 0 atom stereocenters. The smallest absolute Gasteiger partial charge is 0.251 e. The number of hydrogen-bond acceptors (Lipinski definition) is 5. The van der Waals surface area contributed by atoms with E-state index in [0.29, 0.717) is 23.4 Å². The third-order valence-electron chi connectivity index (χ3n) is 5.14. The highest BCUT2D eigenvalue weighted by atomic mass is 32.1. The molecule has 0 bridgehead atoms. The quantitative estimate of drug-likeness (QED) is 0.334. The highest BCUT2D eigenvalue weighted by molar-refractivity contribution is 7.71. The average Bonchev–Trinajstić information content (AvgIpc) is 2.77. The van der Waals surface area contributed by atoms with Crippen LogP contribution in [0, 0.1) is 4.77 Å². The maximum Gasteiger partial charge on any atom is 0.251 e. The molecule has 0 saturated carbocycles. The molecule has 0 saturated heterocycles. The number of rotatable bonds is 10. The number of para-hydroxylation sites is 1. The molecule has 1 aromatic heterocycles. The van der Waals surface area contributed by atoms with Crippen molar-refractivity contribution in [3.63, 3.8) is 0 Å². The summed E-state index contributed by atoms with van der Waals surface area (Å²) in [5.41, 5.74) is 2.69. The molecule has 0 spiro atoms. The Hall–Kier alpha value is -2.77. The third kappa shape index (κ3) is 5.87. The first kappa shape index (κ1) is 21.9. The molecule has 3 aromatic rings. The SMILES string of the molecule is CCN(CC)CCCNC(=O)c1ccc(CNc2nc(=S)[nH]c3ccccc23)cc1. The van der Waals surface area contributed by atoms with Crippen molar-refractivity contribution in [1.82, 2.24) is 20.2 Å². The number of anilines is 1. The molecule has 3 N–H and O–H groups in total. The summed E-state index contributed by atoms with van der Waals surface area (Å²) in [4.78, 5) is 22.2. The van der Waals surface area contributed by atoms with Gasteiger partial charge in [0.15, 0.2) is 4.77 Å². The van der Waals surface area contributed by atoms with Gasteiger partial charge in [0.1, 0.15) is 5.82 Å². The Morgan fingerprint density at radius 1 is 1.10 bits per heavy atom. The van der Waals surface area contributed by atoms with E-state index in [-0.39, 0.29) is 5.91 Å². The molecule has 0 radical (unpaired) electrons. The molecular weight excluding hydrogens is 394 g/mol. The number of aromatic nitrogens is 2. The van der Waals surface area contributed by atoms with Gasteiger partial charge in [0, 0.05) is 24.0 Å². The van der Waals surface area contributed by atoms with Crippen molar-refractivity contribution in [3.8, 4) is 0 Å². The lowest BCUT2D eigenvalue weighted by molar-refractivity contribution is 0.0952. The van der Waals surface area contributed by atoms with Gasteiger partial charge in [0.2, 0.25) is 0 Å². The summed E-state index contributed by atoms with van der Waals surface area (Å²) in [6.07, 6.45) is 0.954. The number of fused-ring (bicyclic) bond motifs is 1. The predicted octanol–water partition coefficient (Wildman–Crippen LogP) is 4.37. The molecule has 6 nitrogen and oxygen atoms in total. The minimum absolute atomic E-state index is 0.0314. The van der Waals surface area contributed by atoms with Crippen LogP contribution in [0.2, 0.25) is 0 Å².